The second-order valence-corrected chi connectivity index (χ2v) is 14.2. The molecule has 0 N–H and O–H groups in total. The van der Waals surface area contributed by atoms with Gasteiger partial charge in [0.05, 0.1) is 45.6 Å². The number of pyridine rings is 1. The van der Waals surface area contributed by atoms with E-state index < -0.39 is 0 Å². The average Bonchev–Trinajstić information content (AvgIpc) is 3.73. The number of nitrogens with zero attached hydrogens (tertiary/aromatic N) is 4. The number of aryl methyl sites for hydroxylation is 2. The minimum atomic E-state index is 0.625. The minimum absolute atomic E-state index is 0.625. The van der Waals surface area contributed by atoms with E-state index in [1.165, 1.54) is 43.8 Å². The quantitative estimate of drug-likeness (QED) is 0.180. The van der Waals surface area contributed by atoms with E-state index in [0.717, 1.165) is 55.8 Å². The minimum Gasteiger partial charge on any atom is -0.307 e. The van der Waals surface area contributed by atoms with E-state index in [4.69, 9.17) is 4.98 Å². The summed E-state index contributed by atoms with van der Waals surface area (Å²) in [5.41, 5.74) is 15.2. The first-order chi connectivity index (χ1) is 26.5. The highest BCUT2D eigenvalue weighted by Crippen LogP contribution is 2.40. The van der Waals surface area contributed by atoms with Crippen molar-refractivity contribution in [3.05, 3.63) is 187 Å². The van der Waals surface area contributed by atoms with Crippen LogP contribution in [-0.2, 0) is 0 Å². The summed E-state index contributed by atoms with van der Waals surface area (Å²) in [4.78, 5) is 5.31. The van der Waals surface area contributed by atoms with Gasteiger partial charge in [-0.15, -0.1) is 0 Å². The van der Waals surface area contributed by atoms with Gasteiger partial charge in [-0.2, -0.15) is 5.26 Å². The number of rotatable bonds is 5. The van der Waals surface area contributed by atoms with Gasteiger partial charge in [0.15, 0.2) is 0 Å². The first-order valence-corrected chi connectivity index (χ1v) is 18.3. The van der Waals surface area contributed by atoms with E-state index >= 15 is 0 Å². The zero-order valence-electron chi connectivity index (χ0n) is 30.0. The van der Waals surface area contributed by atoms with E-state index in [9.17, 15) is 5.26 Å². The van der Waals surface area contributed by atoms with E-state index in [0.29, 0.717) is 5.56 Å². The van der Waals surface area contributed by atoms with Gasteiger partial charge in [-0.3, -0.25) is 4.57 Å². The first-order valence-electron chi connectivity index (χ1n) is 18.3. The second-order valence-electron chi connectivity index (χ2n) is 14.2. The van der Waals surface area contributed by atoms with Crippen LogP contribution in [0.2, 0.25) is 0 Å². The van der Waals surface area contributed by atoms with Crippen LogP contribution in [0.4, 0.5) is 0 Å². The van der Waals surface area contributed by atoms with Gasteiger partial charge in [-0.25, -0.2) is 4.98 Å². The largest absolute Gasteiger partial charge is 0.307 e. The molecule has 4 nitrogen and oxygen atoms in total. The SMILES string of the molecule is Cc1cccc(-c2ccc3c4ccccc4n(-c4cc(-c5ccc(C#N)cc5)c(-n5c6ccccc6c6ccc(-c7cccc(C)c7)cc65)cn4)c3c2)c1. The number of nitriles is 1. The lowest BCUT2D eigenvalue weighted by molar-refractivity contribution is 1.06. The summed E-state index contributed by atoms with van der Waals surface area (Å²) in [5, 5.41) is 14.4. The van der Waals surface area contributed by atoms with Crippen LogP contribution in [0.3, 0.4) is 0 Å². The smallest absolute Gasteiger partial charge is 0.138 e. The predicted octanol–water partition coefficient (Wildman–Crippen LogP) is 12.8. The molecule has 0 fully saturated rings. The maximum atomic E-state index is 9.70. The van der Waals surface area contributed by atoms with Gasteiger partial charge in [0, 0.05) is 27.1 Å². The molecule has 0 atom stereocenters. The average molecular weight is 691 g/mol. The highest BCUT2D eigenvalue weighted by molar-refractivity contribution is 6.12. The highest BCUT2D eigenvalue weighted by Gasteiger charge is 2.20. The van der Waals surface area contributed by atoms with Crippen LogP contribution in [0.25, 0.3) is 88.5 Å². The molecule has 0 amide bonds. The lowest BCUT2D eigenvalue weighted by Crippen LogP contribution is -2.03. The molecule has 10 aromatic rings. The van der Waals surface area contributed by atoms with Crippen molar-refractivity contribution >= 4 is 43.6 Å². The summed E-state index contributed by atoms with van der Waals surface area (Å²) in [6.07, 6.45) is 2.03. The van der Waals surface area contributed by atoms with Gasteiger partial charge in [0.25, 0.3) is 0 Å². The van der Waals surface area contributed by atoms with Crippen molar-refractivity contribution < 1.29 is 0 Å². The third-order valence-corrected chi connectivity index (χ3v) is 10.7. The van der Waals surface area contributed by atoms with Gasteiger partial charge < -0.3 is 4.57 Å². The van der Waals surface area contributed by atoms with Crippen LogP contribution in [0.1, 0.15) is 16.7 Å². The van der Waals surface area contributed by atoms with Gasteiger partial charge in [0.2, 0.25) is 0 Å². The number of para-hydroxylation sites is 2. The molecule has 0 aliphatic heterocycles. The van der Waals surface area contributed by atoms with Crippen molar-refractivity contribution in [2.75, 3.05) is 0 Å². The molecule has 3 heterocycles. The van der Waals surface area contributed by atoms with E-state index in [2.05, 4.69) is 181 Å². The molecule has 4 heteroatoms. The molecule has 10 rings (SSSR count). The Labute approximate surface area is 313 Å². The van der Waals surface area contributed by atoms with Crippen molar-refractivity contribution in [1.29, 1.82) is 5.26 Å². The Balaban J connectivity index is 1.26. The van der Waals surface area contributed by atoms with Crippen molar-refractivity contribution in [3.8, 4) is 51.0 Å². The van der Waals surface area contributed by atoms with Crippen LogP contribution >= 0.6 is 0 Å². The third-order valence-electron chi connectivity index (χ3n) is 10.7. The molecule has 0 bridgehead atoms. The zero-order valence-corrected chi connectivity index (χ0v) is 30.0. The Morgan fingerprint density at radius 3 is 1.52 bits per heavy atom. The van der Waals surface area contributed by atoms with Crippen molar-refractivity contribution in [2.45, 2.75) is 13.8 Å². The Morgan fingerprint density at radius 2 is 0.944 bits per heavy atom. The molecule has 3 aromatic heterocycles. The Bertz CT molecular complexity index is 3130. The molecule has 0 saturated carbocycles. The van der Waals surface area contributed by atoms with Crippen molar-refractivity contribution in [3.63, 3.8) is 0 Å². The third kappa shape index (κ3) is 5.10. The van der Waals surface area contributed by atoms with Crippen LogP contribution in [0, 0.1) is 25.2 Å². The molecule has 0 saturated heterocycles. The fraction of sp³-hybridized carbons (Fsp3) is 0.0400. The van der Waals surface area contributed by atoms with Gasteiger partial charge in [-0.05, 0) is 84.1 Å². The number of benzene rings is 7. The van der Waals surface area contributed by atoms with E-state index in [1.54, 1.807) is 0 Å². The Morgan fingerprint density at radius 1 is 0.444 bits per heavy atom. The molecule has 0 aliphatic carbocycles. The van der Waals surface area contributed by atoms with E-state index in [1.807, 2.05) is 18.3 Å². The summed E-state index contributed by atoms with van der Waals surface area (Å²) in [7, 11) is 0. The maximum absolute atomic E-state index is 9.70. The molecular weight excluding hydrogens is 657 g/mol. The summed E-state index contributed by atoms with van der Waals surface area (Å²) >= 11 is 0. The maximum Gasteiger partial charge on any atom is 0.138 e. The highest BCUT2D eigenvalue weighted by atomic mass is 15.1. The fourth-order valence-corrected chi connectivity index (χ4v) is 8.15. The number of hydrogen-bond acceptors (Lipinski definition) is 2. The Kier molecular flexibility index (Phi) is 7.28. The molecule has 254 valence electrons. The summed E-state index contributed by atoms with van der Waals surface area (Å²) in [6, 6.07) is 60.5. The van der Waals surface area contributed by atoms with E-state index in [-0.39, 0.29) is 0 Å². The second kappa shape index (κ2) is 12.5. The standard InChI is InChI=1S/C50H34N4/c1-32-9-7-11-36(25-32)38-21-23-42-40-13-3-5-15-45(40)53(47(42)27-38)49-31-52-50(29-44(49)35-19-17-34(30-51)18-20-35)54-46-16-6-4-14-41(46)43-24-22-39(28-48(43)54)37-12-8-10-33(2)26-37/h3-29,31H,1-2H3. The molecule has 7 aromatic carbocycles. The monoisotopic (exact) mass is 690 g/mol. The predicted molar refractivity (Wildman–Crippen MR) is 223 cm³/mol. The van der Waals surface area contributed by atoms with Gasteiger partial charge in [0.1, 0.15) is 5.82 Å². The first kappa shape index (κ1) is 31.5. The Hall–Kier alpha value is -7.22. The number of fused-ring (bicyclic) bond motifs is 6. The summed E-state index contributed by atoms with van der Waals surface area (Å²) in [6.45, 7) is 4.27. The summed E-state index contributed by atoms with van der Waals surface area (Å²) < 4.78 is 4.65. The molecule has 54 heavy (non-hydrogen) atoms. The van der Waals surface area contributed by atoms with Crippen molar-refractivity contribution in [1.82, 2.24) is 14.1 Å². The molecule has 0 spiro atoms. The van der Waals surface area contributed by atoms with Crippen LogP contribution in [-0.4, -0.2) is 14.1 Å². The van der Waals surface area contributed by atoms with Crippen molar-refractivity contribution in [2.24, 2.45) is 0 Å². The van der Waals surface area contributed by atoms with Crippen LogP contribution in [0.15, 0.2) is 170 Å². The fourth-order valence-electron chi connectivity index (χ4n) is 8.15. The van der Waals surface area contributed by atoms with Crippen LogP contribution < -0.4 is 0 Å². The van der Waals surface area contributed by atoms with Crippen LogP contribution in [0.5, 0.6) is 0 Å². The number of aromatic nitrogens is 3. The molecule has 0 radical (unpaired) electrons. The molecular formula is C50H34N4. The lowest BCUT2D eigenvalue weighted by Gasteiger charge is -2.17. The molecule has 0 aliphatic rings. The lowest BCUT2D eigenvalue weighted by atomic mass is 10.0. The zero-order chi connectivity index (χ0) is 36.3. The normalized spacial score (nSPS) is 11.5. The van der Waals surface area contributed by atoms with Gasteiger partial charge >= 0.3 is 0 Å². The summed E-state index contributed by atoms with van der Waals surface area (Å²) in [5.74, 6) is 0.826. The van der Waals surface area contributed by atoms with Gasteiger partial charge in [-0.1, -0.05) is 132 Å². The topological polar surface area (TPSA) is 46.5 Å². The number of hydrogen-bond donors (Lipinski definition) is 0. The molecule has 0 unspecified atom stereocenters.